The number of nitrogens with zero attached hydrogens (tertiary/aromatic N) is 2. The van der Waals surface area contributed by atoms with Gasteiger partial charge < -0.3 is 10.1 Å². The molecule has 168 valence electrons. The van der Waals surface area contributed by atoms with Crippen molar-refractivity contribution in [2.24, 2.45) is 0 Å². The highest BCUT2D eigenvalue weighted by Crippen LogP contribution is 2.37. The summed E-state index contributed by atoms with van der Waals surface area (Å²) < 4.78 is 6.13. The van der Waals surface area contributed by atoms with Gasteiger partial charge in [0, 0.05) is 17.2 Å². The Morgan fingerprint density at radius 3 is 2.50 bits per heavy atom. The molecule has 2 atom stereocenters. The first-order valence-electron chi connectivity index (χ1n) is 11.4. The Kier molecular flexibility index (Phi) is 7.34. The molecule has 1 aliphatic carbocycles. The predicted molar refractivity (Wildman–Crippen MR) is 133 cm³/mol. The summed E-state index contributed by atoms with van der Waals surface area (Å²) in [5, 5.41) is 4.91. The fourth-order valence-electron chi connectivity index (χ4n) is 4.45. The number of benzene rings is 2. The summed E-state index contributed by atoms with van der Waals surface area (Å²) in [5.41, 5.74) is 6.16. The summed E-state index contributed by atoms with van der Waals surface area (Å²) >= 11 is 12.6. The molecule has 1 N–H and O–H groups in total. The van der Waals surface area contributed by atoms with E-state index in [0.717, 1.165) is 54.1 Å². The minimum absolute atomic E-state index is 0.0363. The van der Waals surface area contributed by atoms with Crippen molar-refractivity contribution in [3.05, 3.63) is 75.0 Å². The normalized spacial score (nSPS) is 17.8. The van der Waals surface area contributed by atoms with Gasteiger partial charge in [-0.1, -0.05) is 61.3 Å². The van der Waals surface area contributed by atoms with E-state index in [0.29, 0.717) is 16.7 Å². The van der Waals surface area contributed by atoms with E-state index in [2.05, 4.69) is 50.4 Å². The Hall–Kier alpha value is -2.14. The van der Waals surface area contributed by atoms with E-state index >= 15 is 0 Å². The first kappa shape index (κ1) is 23.0. The van der Waals surface area contributed by atoms with E-state index in [4.69, 9.17) is 37.9 Å². The SMILES string of the molecule is CCO[C@H]1CCc2ccccc2[C@H]1Nc1nc(CC)c(-c2ccc(Cl)cc2Cl)nc1CC. The summed E-state index contributed by atoms with van der Waals surface area (Å²) in [7, 11) is 0. The smallest absolute Gasteiger partial charge is 0.148 e. The average molecular weight is 470 g/mol. The molecule has 0 unspecified atom stereocenters. The van der Waals surface area contributed by atoms with Gasteiger partial charge in [0.15, 0.2) is 0 Å². The van der Waals surface area contributed by atoms with Crippen LogP contribution < -0.4 is 5.32 Å². The van der Waals surface area contributed by atoms with Gasteiger partial charge in [0.25, 0.3) is 0 Å². The van der Waals surface area contributed by atoms with Crippen LogP contribution in [0.3, 0.4) is 0 Å². The van der Waals surface area contributed by atoms with Crippen LogP contribution in [0.2, 0.25) is 10.0 Å². The molecular weight excluding hydrogens is 441 g/mol. The highest BCUT2D eigenvalue weighted by Gasteiger charge is 2.31. The molecule has 0 spiro atoms. The highest BCUT2D eigenvalue weighted by molar-refractivity contribution is 6.36. The number of hydrogen-bond acceptors (Lipinski definition) is 4. The lowest BCUT2D eigenvalue weighted by molar-refractivity contribution is 0.0383. The molecule has 4 rings (SSSR count). The van der Waals surface area contributed by atoms with Crippen molar-refractivity contribution >= 4 is 29.0 Å². The van der Waals surface area contributed by atoms with Crippen molar-refractivity contribution in [1.29, 1.82) is 0 Å². The fourth-order valence-corrected chi connectivity index (χ4v) is 4.95. The summed E-state index contributed by atoms with van der Waals surface area (Å²) in [6.45, 7) is 6.93. The summed E-state index contributed by atoms with van der Waals surface area (Å²) in [5.74, 6) is 0.824. The molecule has 1 aliphatic rings. The molecule has 0 radical (unpaired) electrons. The number of nitrogens with one attached hydrogen (secondary N) is 1. The Bertz CT molecular complexity index is 1100. The maximum Gasteiger partial charge on any atom is 0.148 e. The van der Waals surface area contributed by atoms with Crippen LogP contribution in [0.15, 0.2) is 42.5 Å². The van der Waals surface area contributed by atoms with Gasteiger partial charge in [0.2, 0.25) is 0 Å². The number of anilines is 1. The van der Waals surface area contributed by atoms with Crippen LogP contribution in [0.1, 0.15) is 55.7 Å². The monoisotopic (exact) mass is 469 g/mol. The standard InChI is InChI=1S/C26H29Cl2N3O/c1-4-21-24(19-13-12-17(27)15-20(19)28)29-22(5-2)26(30-21)31-25-18-10-8-7-9-16(18)11-14-23(25)32-6-3/h7-10,12-13,15,23,25H,4-6,11,14H2,1-3H3,(H,30,31)/t23-,25+/m0/s1. The molecule has 4 nitrogen and oxygen atoms in total. The van der Waals surface area contributed by atoms with Gasteiger partial charge >= 0.3 is 0 Å². The van der Waals surface area contributed by atoms with Crippen molar-refractivity contribution in [2.75, 3.05) is 11.9 Å². The molecule has 1 aromatic heterocycles. The molecule has 0 aliphatic heterocycles. The van der Waals surface area contributed by atoms with Gasteiger partial charge in [-0.2, -0.15) is 0 Å². The molecule has 0 saturated carbocycles. The predicted octanol–water partition coefficient (Wildman–Crippen LogP) is 7.08. The molecule has 3 aromatic rings. The van der Waals surface area contributed by atoms with Crippen LogP contribution in [-0.2, 0) is 24.0 Å². The second-order valence-corrected chi connectivity index (χ2v) is 8.84. The second-order valence-electron chi connectivity index (χ2n) is 8.00. The van der Waals surface area contributed by atoms with Crippen molar-refractivity contribution in [3.8, 4) is 11.3 Å². The zero-order chi connectivity index (χ0) is 22.7. The molecular formula is C26H29Cl2N3O. The minimum atomic E-state index is 0.0363. The third-order valence-corrected chi connectivity index (χ3v) is 6.58. The number of halogens is 2. The molecule has 1 heterocycles. The van der Waals surface area contributed by atoms with Crippen molar-refractivity contribution < 1.29 is 4.74 Å². The van der Waals surface area contributed by atoms with Crippen LogP contribution in [0.5, 0.6) is 0 Å². The lowest BCUT2D eigenvalue weighted by atomic mass is 9.85. The van der Waals surface area contributed by atoms with Gasteiger partial charge in [-0.3, -0.25) is 0 Å². The lowest BCUT2D eigenvalue weighted by Crippen LogP contribution is -2.34. The second kappa shape index (κ2) is 10.2. The van der Waals surface area contributed by atoms with Crippen LogP contribution in [0.25, 0.3) is 11.3 Å². The van der Waals surface area contributed by atoms with Crippen LogP contribution in [0, 0.1) is 0 Å². The molecule has 2 aromatic carbocycles. The highest BCUT2D eigenvalue weighted by atomic mass is 35.5. The Morgan fingerprint density at radius 1 is 1.00 bits per heavy atom. The van der Waals surface area contributed by atoms with Gasteiger partial charge in [-0.15, -0.1) is 0 Å². The van der Waals surface area contributed by atoms with Gasteiger partial charge in [-0.25, -0.2) is 9.97 Å². The van der Waals surface area contributed by atoms with Gasteiger partial charge in [-0.05, 0) is 61.9 Å². The molecule has 0 fully saturated rings. The van der Waals surface area contributed by atoms with Crippen LogP contribution >= 0.6 is 23.2 Å². The average Bonchev–Trinajstić information content (AvgIpc) is 2.80. The largest absolute Gasteiger partial charge is 0.376 e. The van der Waals surface area contributed by atoms with Crippen molar-refractivity contribution in [3.63, 3.8) is 0 Å². The van der Waals surface area contributed by atoms with Crippen molar-refractivity contribution in [2.45, 2.75) is 58.6 Å². The Balaban J connectivity index is 1.77. The third-order valence-electron chi connectivity index (χ3n) is 6.03. The first-order valence-corrected chi connectivity index (χ1v) is 12.1. The number of ether oxygens (including phenoxy) is 1. The summed E-state index contributed by atoms with van der Waals surface area (Å²) in [6.07, 6.45) is 3.61. The maximum absolute atomic E-state index is 6.51. The van der Waals surface area contributed by atoms with E-state index in [-0.39, 0.29) is 12.1 Å². The molecule has 0 amide bonds. The van der Waals surface area contributed by atoms with E-state index in [1.807, 2.05) is 12.1 Å². The third kappa shape index (κ3) is 4.63. The number of fused-ring (bicyclic) bond motifs is 1. The lowest BCUT2D eigenvalue weighted by Gasteiger charge is -2.34. The van der Waals surface area contributed by atoms with Crippen molar-refractivity contribution in [1.82, 2.24) is 9.97 Å². The van der Waals surface area contributed by atoms with Crippen LogP contribution in [-0.4, -0.2) is 22.7 Å². The zero-order valence-electron chi connectivity index (χ0n) is 18.8. The van der Waals surface area contributed by atoms with Crippen LogP contribution in [0.4, 0.5) is 5.82 Å². The zero-order valence-corrected chi connectivity index (χ0v) is 20.3. The summed E-state index contributed by atoms with van der Waals surface area (Å²) in [4.78, 5) is 10.1. The maximum atomic E-state index is 6.51. The van der Waals surface area contributed by atoms with E-state index in [9.17, 15) is 0 Å². The van der Waals surface area contributed by atoms with E-state index < -0.39 is 0 Å². The van der Waals surface area contributed by atoms with E-state index in [1.54, 1.807) is 6.07 Å². The van der Waals surface area contributed by atoms with E-state index in [1.165, 1.54) is 11.1 Å². The molecule has 32 heavy (non-hydrogen) atoms. The summed E-state index contributed by atoms with van der Waals surface area (Å²) in [6, 6.07) is 14.2. The fraction of sp³-hybridized carbons (Fsp3) is 0.385. The number of aromatic nitrogens is 2. The minimum Gasteiger partial charge on any atom is -0.376 e. The molecule has 0 saturated heterocycles. The molecule has 0 bridgehead atoms. The quantitative estimate of drug-likeness (QED) is 0.401. The van der Waals surface area contributed by atoms with Gasteiger partial charge in [0.1, 0.15) is 5.82 Å². The van der Waals surface area contributed by atoms with Gasteiger partial charge in [0.05, 0.1) is 34.3 Å². The Labute approximate surface area is 200 Å². The number of aryl methyl sites for hydroxylation is 3. The molecule has 6 heteroatoms. The number of hydrogen-bond donors (Lipinski definition) is 1. The number of rotatable bonds is 7. The topological polar surface area (TPSA) is 47.0 Å². The Morgan fingerprint density at radius 2 is 1.78 bits per heavy atom. The first-order chi connectivity index (χ1) is 15.5.